The molecule has 29 heavy (non-hydrogen) atoms. The lowest BCUT2D eigenvalue weighted by Crippen LogP contribution is -2.33. The minimum Gasteiger partial charge on any atom is -0.508 e. The molecule has 3 aromatic rings. The summed E-state index contributed by atoms with van der Waals surface area (Å²) in [6.07, 6.45) is -0.470. The van der Waals surface area contributed by atoms with Crippen LogP contribution in [-0.4, -0.2) is 29.6 Å². The van der Waals surface area contributed by atoms with Gasteiger partial charge in [-0.25, -0.2) is 9.41 Å². The van der Waals surface area contributed by atoms with Gasteiger partial charge in [0.1, 0.15) is 5.75 Å². The van der Waals surface area contributed by atoms with Gasteiger partial charge in [-0.05, 0) is 30.2 Å². The van der Waals surface area contributed by atoms with E-state index in [-0.39, 0.29) is 12.4 Å². The molecule has 1 aliphatic rings. The van der Waals surface area contributed by atoms with Gasteiger partial charge in [0.15, 0.2) is 0 Å². The van der Waals surface area contributed by atoms with Crippen molar-refractivity contribution >= 4 is 29.1 Å². The minimum atomic E-state index is -1.05. The number of aromatic hydroxyl groups is 1. The third-order valence-corrected chi connectivity index (χ3v) is 5.02. The van der Waals surface area contributed by atoms with E-state index in [4.69, 9.17) is 16.5 Å². The maximum absolute atomic E-state index is 12.9. The Labute approximate surface area is 174 Å². The van der Waals surface area contributed by atoms with E-state index in [0.717, 1.165) is 21.1 Å². The van der Waals surface area contributed by atoms with Gasteiger partial charge in [-0.2, -0.15) is 0 Å². The largest absolute Gasteiger partial charge is 0.508 e. The highest BCUT2D eigenvalue weighted by molar-refractivity contribution is 6.39. The van der Waals surface area contributed by atoms with Gasteiger partial charge < -0.3 is 9.84 Å². The van der Waals surface area contributed by atoms with Crippen LogP contribution in [0.4, 0.5) is 5.69 Å². The van der Waals surface area contributed by atoms with E-state index in [0.29, 0.717) is 17.8 Å². The first-order valence-corrected chi connectivity index (χ1v) is 9.59. The molecule has 1 atom stereocenters. The van der Waals surface area contributed by atoms with Gasteiger partial charge in [0, 0.05) is 22.9 Å². The quantitative estimate of drug-likeness (QED) is 0.642. The summed E-state index contributed by atoms with van der Waals surface area (Å²) in [5.74, 6) is -0.225. The molecule has 0 aliphatic carbocycles. The number of aliphatic imine (C=N–C) groups is 1. The molecule has 4 rings (SSSR count). The zero-order valence-corrected chi connectivity index (χ0v) is 16.3. The van der Waals surface area contributed by atoms with E-state index in [1.807, 2.05) is 60.7 Å². The number of benzodiazepines with no additional fused rings is 1. The number of hydrogen-bond donors (Lipinski definition) is 1. The Morgan fingerprint density at radius 3 is 2.41 bits per heavy atom. The van der Waals surface area contributed by atoms with Crippen molar-refractivity contribution in [2.75, 3.05) is 11.0 Å². The summed E-state index contributed by atoms with van der Waals surface area (Å²) in [4.78, 5) is 17.5. The lowest BCUT2D eigenvalue weighted by Gasteiger charge is -2.17. The van der Waals surface area contributed by atoms with Crippen LogP contribution in [0.25, 0.3) is 0 Å². The molecule has 1 unspecified atom stereocenters. The van der Waals surface area contributed by atoms with Gasteiger partial charge in [0.05, 0.1) is 18.0 Å². The molecule has 0 bridgehead atoms. The lowest BCUT2D eigenvalue weighted by molar-refractivity contribution is -0.128. The molecule has 0 radical (unpaired) electrons. The van der Waals surface area contributed by atoms with Crippen molar-refractivity contribution in [3.8, 4) is 5.75 Å². The van der Waals surface area contributed by atoms with E-state index in [2.05, 4.69) is 4.99 Å². The molecule has 0 saturated heterocycles. The number of carbonyl (C=O) groups excluding carboxylic acids is 1. The van der Waals surface area contributed by atoms with Gasteiger partial charge >= 0.3 is 0 Å². The number of hydrogen-bond acceptors (Lipinski definition) is 4. The monoisotopic (exact) mass is 406 g/mol. The summed E-state index contributed by atoms with van der Waals surface area (Å²) in [7, 11) is 0. The molecule has 1 N–H and O–H groups in total. The number of rotatable bonds is 5. The fraction of sp³-hybridized carbons (Fsp3) is 0.130. The molecule has 5 nitrogen and oxygen atoms in total. The predicted molar refractivity (Wildman–Crippen MR) is 113 cm³/mol. The Balaban J connectivity index is 1.63. The lowest BCUT2D eigenvalue weighted by atomic mass is 10.0. The first-order chi connectivity index (χ1) is 14.1. The highest BCUT2D eigenvalue weighted by Crippen LogP contribution is 2.30. The van der Waals surface area contributed by atoms with Crippen LogP contribution in [0.2, 0.25) is 0 Å². The molecule has 1 amide bonds. The number of phenolic OH excluding ortho intramolecular Hbond substituents is 1. The number of nitrogens with zero attached hydrogens (tertiary/aromatic N) is 2. The maximum Gasteiger partial charge on any atom is 0.293 e. The molecule has 0 fully saturated rings. The second-order valence-corrected chi connectivity index (χ2v) is 6.96. The molecular formula is C23H19ClN2O3. The highest BCUT2D eigenvalue weighted by atomic mass is 35.5. The summed E-state index contributed by atoms with van der Waals surface area (Å²) in [6.45, 7) is 0.286. The number of ether oxygens (including phenoxy) is 1. The van der Waals surface area contributed by atoms with Gasteiger partial charge in [-0.15, -0.1) is 0 Å². The van der Waals surface area contributed by atoms with Crippen molar-refractivity contribution in [1.29, 1.82) is 0 Å². The summed E-state index contributed by atoms with van der Waals surface area (Å²) >= 11 is 6.37. The van der Waals surface area contributed by atoms with Crippen LogP contribution in [0.5, 0.6) is 5.75 Å². The first-order valence-electron chi connectivity index (χ1n) is 9.25. The zero-order chi connectivity index (χ0) is 20.2. The first kappa shape index (κ1) is 19.2. The highest BCUT2D eigenvalue weighted by Gasteiger charge is 2.31. The maximum atomic E-state index is 12.9. The Morgan fingerprint density at radius 1 is 0.966 bits per heavy atom. The Morgan fingerprint density at radius 2 is 1.66 bits per heavy atom. The molecule has 6 heteroatoms. The zero-order valence-electron chi connectivity index (χ0n) is 15.5. The van der Waals surface area contributed by atoms with E-state index in [1.165, 1.54) is 0 Å². The SMILES string of the molecule is O=C1C(OCCc2ccc(O)cc2)N=C(c2ccccc2)c2ccccc2N1Cl. The topological polar surface area (TPSA) is 62.1 Å². The number of halogens is 1. The molecule has 1 aliphatic heterocycles. The summed E-state index contributed by atoms with van der Waals surface area (Å²) in [6, 6.07) is 23.9. The van der Waals surface area contributed by atoms with Crippen molar-refractivity contribution in [2.24, 2.45) is 4.99 Å². The van der Waals surface area contributed by atoms with Crippen molar-refractivity contribution in [3.05, 3.63) is 95.6 Å². The Kier molecular flexibility index (Phi) is 5.60. The Bertz CT molecular complexity index is 1040. The van der Waals surface area contributed by atoms with Gasteiger partial charge in [-0.1, -0.05) is 60.7 Å². The molecule has 1 heterocycles. The van der Waals surface area contributed by atoms with Crippen molar-refractivity contribution in [3.63, 3.8) is 0 Å². The van der Waals surface area contributed by atoms with Crippen molar-refractivity contribution in [1.82, 2.24) is 0 Å². The van der Waals surface area contributed by atoms with E-state index < -0.39 is 12.1 Å². The molecule has 146 valence electrons. The van der Waals surface area contributed by atoms with E-state index in [9.17, 15) is 9.90 Å². The van der Waals surface area contributed by atoms with Crippen LogP contribution in [-0.2, 0) is 16.0 Å². The number of anilines is 1. The molecule has 0 saturated carbocycles. The number of benzene rings is 3. The van der Waals surface area contributed by atoms with Crippen LogP contribution >= 0.6 is 11.8 Å². The summed E-state index contributed by atoms with van der Waals surface area (Å²) in [5, 5.41) is 9.39. The third kappa shape index (κ3) is 4.16. The van der Waals surface area contributed by atoms with E-state index in [1.54, 1.807) is 18.2 Å². The number of fused-ring (bicyclic) bond motifs is 1. The number of para-hydroxylation sites is 1. The standard InChI is InChI=1S/C23H19ClN2O3/c24-26-20-9-5-4-8-19(20)21(17-6-2-1-3-7-17)25-22(23(26)28)29-15-14-16-10-12-18(27)13-11-16/h1-13,22,27H,14-15H2. The van der Waals surface area contributed by atoms with Crippen LogP contribution in [0.3, 0.4) is 0 Å². The van der Waals surface area contributed by atoms with Crippen LogP contribution in [0.1, 0.15) is 16.7 Å². The van der Waals surface area contributed by atoms with E-state index >= 15 is 0 Å². The minimum absolute atomic E-state index is 0.210. The normalized spacial score (nSPS) is 16.2. The van der Waals surface area contributed by atoms with Gasteiger partial charge in [0.2, 0.25) is 6.23 Å². The fourth-order valence-electron chi connectivity index (χ4n) is 3.19. The molecular weight excluding hydrogens is 388 g/mol. The fourth-order valence-corrected chi connectivity index (χ4v) is 3.42. The van der Waals surface area contributed by atoms with Gasteiger partial charge in [0.25, 0.3) is 5.91 Å². The number of carbonyl (C=O) groups is 1. The van der Waals surface area contributed by atoms with Crippen LogP contribution in [0.15, 0.2) is 83.9 Å². The number of amides is 1. The van der Waals surface area contributed by atoms with Crippen molar-refractivity contribution in [2.45, 2.75) is 12.6 Å². The van der Waals surface area contributed by atoms with Crippen molar-refractivity contribution < 1.29 is 14.6 Å². The third-order valence-electron chi connectivity index (χ3n) is 4.67. The molecule has 0 aromatic heterocycles. The van der Waals surface area contributed by atoms with Crippen LogP contribution in [0, 0.1) is 0 Å². The second-order valence-electron chi connectivity index (χ2n) is 6.62. The number of phenols is 1. The Hall–Kier alpha value is -3.15. The molecule has 3 aromatic carbocycles. The summed E-state index contributed by atoms with van der Waals surface area (Å²) in [5.41, 5.74) is 3.87. The smallest absolute Gasteiger partial charge is 0.293 e. The average Bonchev–Trinajstić information content (AvgIpc) is 2.86. The second kappa shape index (κ2) is 8.47. The summed E-state index contributed by atoms with van der Waals surface area (Å²) < 4.78 is 6.92. The van der Waals surface area contributed by atoms with Crippen LogP contribution < -0.4 is 4.42 Å². The average molecular weight is 407 g/mol. The van der Waals surface area contributed by atoms with Gasteiger partial charge in [-0.3, -0.25) is 4.79 Å². The predicted octanol–water partition coefficient (Wildman–Crippen LogP) is 4.32. The molecule has 0 spiro atoms.